The number of nitrogens with one attached hydrogen (secondary N) is 2. The molecule has 0 spiro atoms. The Morgan fingerprint density at radius 1 is 1.03 bits per heavy atom. The Kier molecular flexibility index (Phi) is 12.6. The summed E-state index contributed by atoms with van der Waals surface area (Å²) in [6.07, 6.45) is 9.84. The molecule has 1 aromatic rings. The molecule has 38 heavy (non-hydrogen) atoms. The van der Waals surface area contributed by atoms with Crippen LogP contribution >= 0.6 is 0 Å². The summed E-state index contributed by atoms with van der Waals surface area (Å²) >= 11 is 0. The molecule has 2 N–H and O–H groups in total. The number of unbranched alkanes of at least 4 members (excludes halogenated alkanes) is 4. The van der Waals surface area contributed by atoms with Gasteiger partial charge in [-0.1, -0.05) is 70.1 Å². The maximum absolute atomic E-state index is 14.0. The highest BCUT2D eigenvalue weighted by atomic mass is 16.6. The van der Waals surface area contributed by atoms with Gasteiger partial charge < -0.3 is 20.3 Å². The Labute approximate surface area is 230 Å². The lowest BCUT2D eigenvalue weighted by Gasteiger charge is -2.36. The fourth-order valence-corrected chi connectivity index (χ4v) is 5.09. The van der Waals surface area contributed by atoms with Crippen LogP contribution in [0.3, 0.4) is 0 Å². The fourth-order valence-electron chi connectivity index (χ4n) is 5.09. The number of hydrogen-bond acceptors (Lipinski definition) is 4. The number of nitrogens with zero attached hydrogens (tertiary/aromatic N) is 1. The van der Waals surface area contributed by atoms with E-state index in [1.54, 1.807) is 32.6 Å². The van der Waals surface area contributed by atoms with Crippen LogP contribution in [0.15, 0.2) is 18.2 Å². The molecule has 2 rings (SSSR count). The second-order valence-electron chi connectivity index (χ2n) is 11.8. The molecule has 1 aliphatic carbocycles. The van der Waals surface area contributed by atoms with Crippen molar-refractivity contribution in [1.29, 1.82) is 0 Å². The summed E-state index contributed by atoms with van der Waals surface area (Å²) in [7, 11) is 0. The minimum Gasteiger partial charge on any atom is -0.444 e. The summed E-state index contributed by atoms with van der Waals surface area (Å²) in [5.41, 5.74) is 2.25. The maximum Gasteiger partial charge on any atom is 0.408 e. The maximum atomic E-state index is 14.0. The van der Waals surface area contributed by atoms with Crippen LogP contribution in [0.25, 0.3) is 0 Å². The topological polar surface area (TPSA) is 87.7 Å². The molecule has 7 heteroatoms. The predicted octanol–water partition coefficient (Wildman–Crippen LogP) is 6.51. The molecular weight excluding hydrogens is 478 g/mol. The Hall–Kier alpha value is -2.57. The quantitative estimate of drug-likeness (QED) is 0.302. The molecule has 7 nitrogen and oxygen atoms in total. The number of benzene rings is 1. The van der Waals surface area contributed by atoms with Crippen molar-refractivity contribution in [2.45, 2.75) is 136 Å². The second kappa shape index (κ2) is 15.1. The van der Waals surface area contributed by atoms with E-state index in [9.17, 15) is 14.4 Å². The predicted molar refractivity (Wildman–Crippen MR) is 153 cm³/mol. The Bertz CT molecular complexity index is 918. The Morgan fingerprint density at radius 3 is 2.32 bits per heavy atom. The largest absolute Gasteiger partial charge is 0.444 e. The molecule has 1 aromatic carbocycles. The summed E-state index contributed by atoms with van der Waals surface area (Å²) in [5.74, 6) is -0.423. The van der Waals surface area contributed by atoms with Crippen LogP contribution < -0.4 is 10.6 Å². The third-order valence-corrected chi connectivity index (χ3v) is 7.34. The van der Waals surface area contributed by atoms with Crippen molar-refractivity contribution in [3.63, 3.8) is 0 Å². The van der Waals surface area contributed by atoms with Gasteiger partial charge in [-0.3, -0.25) is 9.59 Å². The molecule has 2 unspecified atom stereocenters. The standard InChI is InChI=1S/C31H51N3O4/c1-8-9-10-11-15-21-34(29(36)24(4)32-30(37)38-31(5,6)7)27(26-20-16-17-22(2)23(26)3)28(35)33-25-18-13-12-14-19-25/h16-17,20,24-25,27H,8-15,18-19,21H2,1-7H3,(H,32,37)(H,33,35). The first-order valence-electron chi connectivity index (χ1n) is 14.6. The van der Waals surface area contributed by atoms with Crippen molar-refractivity contribution < 1.29 is 19.1 Å². The number of ether oxygens (including phenoxy) is 1. The molecule has 0 aliphatic heterocycles. The smallest absolute Gasteiger partial charge is 0.408 e. The number of alkyl carbamates (subject to hydrolysis) is 1. The fraction of sp³-hybridized carbons (Fsp3) is 0.710. The van der Waals surface area contributed by atoms with Crippen LogP contribution in [0.1, 0.15) is 122 Å². The zero-order valence-electron chi connectivity index (χ0n) is 24.8. The average Bonchev–Trinajstić information content (AvgIpc) is 2.84. The molecule has 1 aliphatic rings. The molecule has 214 valence electrons. The first-order chi connectivity index (χ1) is 17.9. The number of aryl methyl sites for hydroxylation is 1. The number of carbonyl (C=O) groups excluding carboxylic acids is 3. The van der Waals surface area contributed by atoms with E-state index in [0.717, 1.165) is 74.5 Å². The first-order valence-corrected chi connectivity index (χ1v) is 14.6. The Morgan fingerprint density at radius 2 is 1.68 bits per heavy atom. The van der Waals surface area contributed by atoms with E-state index in [1.165, 1.54) is 6.42 Å². The highest BCUT2D eigenvalue weighted by Crippen LogP contribution is 2.29. The van der Waals surface area contributed by atoms with Crippen molar-refractivity contribution in [2.75, 3.05) is 6.54 Å². The van der Waals surface area contributed by atoms with E-state index in [4.69, 9.17) is 4.74 Å². The summed E-state index contributed by atoms with van der Waals surface area (Å²) in [5, 5.41) is 5.97. The van der Waals surface area contributed by atoms with Crippen LogP contribution in [-0.2, 0) is 14.3 Å². The lowest BCUT2D eigenvalue weighted by atomic mass is 9.92. The van der Waals surface area contributed by atoms with Crippen molar-refractivity contribution >= 4 is 17.9 Å². The zero-order valence-corrected chi connectivity index (χ0v) is 24.8. The molecule has 0 radical (unpaired) electrons. The van der Waals surface area contributed by atoms with Gasteiger partial charge in [0, 0.05) is 12.6 Å². The van der Waals surface area contributed by atoms with Gasteiger partial charge in [-0.05, 0) is 77.5 Å². The van der Waals surface area contributed by atoms with Gasteiger partial charge in [0.25, 0.3) is 0 Å². The van der Waals surface area contributed by atoms with Crippen molar-refractivity contribution in [3.05, 3.63) is 34.9 Å². The van der Waals surface area contributed by atoms with E-state index in [1.807, 2.05) is 32.0 Å². The van der Waals surface area contributed by atoms with Crippen LogP contribution in [-0.4, -0.2) is 47.0 Å². The zero-order chi connectivity index (χ0) is 28.3. The van der Waals surface area contributed by atoms with Crippen LogP contribution in [0.2, 0.25) is 0 Å². The molecule has 0 aromatic heterocycles. The van der Waals surface area contributed by atoms with Gasteiger partial charge in [0.05, 0.1) is 0 Å². The van der Waals surface area contributed by atoms with E-state index >= 15 is 0 Å². The molecule has 3 amide bonds. The number of amides is 3. The highest BCUT2D eigenvalue weighted by Gasteiger charge is 2.36. The van der Waals surface area contributed by atoms with Gasteiger partial charge in [-0.25, -0.2) is 4.79 Å². The van der Waals surface area contributed by atoms with Crippen molar-refractivity contribution in [2.24, 2.45) is 0 Å². The molecule has 1 fully saturated rings. The minimum absolute atomic E-state index is 0.127. The van der Waals surface area contributed by atoms with E-state index in [2.05, 4.69) is 17.6 Å². The van der Waals surface area contributed by atoms with Gasteiger partial charge >= 0.3 is 6.09 Å². The second-order valence-corrected chi connectivity index (χ2v) is 11.8. The summed E-state index contributed by atoms with van der Waals surface area (Å²) < 4.78 is 5.39. The number of hydrogen-bond donors (Lipinski definition) is 2. The van der Waals surface area contributed by atoms with Gasteiger partial charge in [-0.15, -0.1) is 0 Å². The number of rotatable bonds is 12. The lowest BCUT2D eigenvalue weighted by molar-refractivity contribution is -0.142. The summed E-state index contributed by atoms with van der Waals surface area (Å²) in [4.78, 5) is 42.1. The molecular formula is C31H51N3O4. The summed E-state index contributed by atoms with van der Waals surface area (Å²) in [6, 6.07) is 4.46. The van der Waals surface area contributed by atoms with Gasteiger partial charge in [0.2, 0.25) is 11.8 Å². The molecule has 0 heterocycles. The van der Waals surface area contributed by atoms with E-state index in [0.29, 0.717) is 6.54 Å². The lowest BCUT2D eigenvalue weighted by Crippen LogP contribution is -2.53. The van der Waals surface area contributed by atoms with Crippen molar-refractivity contribution in [3.8, 4) is 0 Å². The van der Waals surface area contributed by atoms with E-state index in [-0.39, 0.29) is 17.9 Å². The number of carbonyl (C=O) groups is 3. The van der Waals surface area contributed by atoms with Crippen LogP contribution in [0, 0.1) is 13.8 Å². The molecule has 2 atom stereocenters. The van der Waals surface area contributed by atoms with Gasteiger partial charge in [0.15, 0.2) is 0 Å². The Balaban J connectivity index is 2.39. The third kappa shape index (κ3) is 9.95. The molecule has 0 bridgehead atoms. The SMILES string of the molecule is CCCCCCCN(C(=O)C(C)NC(=O)OC(C)(C)C)C(C(=O)NC1CCCCC1)c1cccc(C)c1C. The average molecular weight is 530 g/mol. The van der Waals surface area contributed by atoms with Gasteiger partial charge in [-0.2, -0.15) is 0 Å². The monoisotopic (exact) mass is 529 g/mol. The molecule has 0 saturated heterocycles. The highest BCUT2D eigenvalue weighted by molar-refractivity contribution is 5.92. The van der Waals surface area contributed by atoms with Crippen LogP contribution in [0.4, 0.5) is 4.79 Å². The summed E-state index contributed by atoms with van der Waals surface area (Å²) in [6.45, 7) is 13.7. The third-order valence-electron chi connectivity index (χ3n) is 7.34. The van der Waals surface area contributed by atoms with E-state index < -0.39 is 23.8 Å². The van der Waals surface area contributed by atoms with Crippen molar-refractivity contribution in [1.82, 2.24) is 15.5 Å². The van der Waals surface area contributed by atoms with Gasteiger partial charge in [0.1, 0.15) is 17.7 Å². The normalized spacial score (nSPS) is 15.9. The minimum atomic E-state index is -0.837. The first kappa shape index (κ1) is 31.6. The van der Waals surface area contributed by atoms with Crippen LogP contribution in [0.5, 0.6) is 0 Å². The molecule has 1 saturated carbocycles.